The third-order valence-electron chi connectivity index (χ3n) is 2.90. The number of carbonyl (C=O) groups excluding carboxylic acids is 1. The highest BCUT2D eigenvalue weighted by atomic mass is 16.2. The van der Waals surface area contributed by atoms with Gasteiger partial charge in [0.2, 0.25) is 5.91 Å². The summed E-state index contributed by atoms with van der Waals surface area (Å²) in [7, 11) is 0. The molecule has 1 atom stereocenters. The molecule has 86 valence electrons. The number of hydrazine groups is 1. The summed E-state index contributed by atoms with van der Waals surface area (Å²) < 4.78 is 0. The molecule has 1 fully saturated rings. The molecule has 1 saturated heterocycles. The minimum absolute atomic E-state index is 0.0220. The summed E-state index contributed by atoms with van der Waals surface area (Å²) in [6.45, 7) is 2.49. The first-order valence-corrected chi connectivity index (χ1v) is 5.42. The van der Waals surface area contributed by atoms with Crippen molar-refractivity contribution in [2.45, 2.75) is 13.0 Å². The summed E-state index contributed by atoms with van der Waals surface area (Å²) in [4.78, 5) is 17.8. The van der Waals surface area contributed by atoms with Gasteiger partial charge in [0.05, 0.1) is 11.6 Å². The van der Waals surface area contributed by atoms with Crippen molar-refractivity contribution in [3.8, 4) is 0 Å². The number of likely N-dealkylation sites (tertiary alicyclic amines) is 1. The molecule has 2 heterocycles. The summed E-state index contributed by atoms with van der Waals surface area (Å²) in [5, 5.41) is 0. The maximum absolute atomic E-state index is 11.3. The number of aromatic nitrogens is 1. The fourth-order valence-corrected chi connectivity index (χ4v) is 2.03. The predicted molar refractivity (Wildman–Crippen MR) is 60.0 cm³/mol. The van der Waals surface area contributed by atoms with Crippen LogP contribution in [0.4, 0.5) is 0 Å². The molecule has 5 heteroatoms. The van der Waals surface area contributed by atoms with Gasteiger partial charge in [-0.15, -0.1) is 0 Å². The minimum Gasteiger partial charge on any atom is -0.297 e. The van der Waals surface area contributed by atoms with Gasteiger partial charge >= 0.3 is 0 Å². The number of pyridine rings is 1. The van der Waals surface area contributed by atoms with Gasteiger partial charge in [-0.2, -0.15) is 0 Å². The quantitative estimate of drug-likeness (QED) is 0.424. The molecule has 1 aliphatic rings. The van der Waals surface area contributed by atoms with Crippen LogP contribution < -0.4 is 11.3 Å². The highest BCUT2D eigenvalue weighted by Gasteiger charge is 2.27. The van der Waals surface area contributed by atoms with Crippen molar-refractivity contribution in [3.63, 3.8) is 0 Å². The largest absolute Gasteiger partial charge is 0.297 e. The van der Waals surface area contributed by atoms with Crippen molar-refractivity contribution in [1.82, 2.24) is 15.3 Å². The van der Waals surface area contributed by atoms with Crippen molar-refractivity contribution in [1.29, 1.82) is 0 Å². The molecule has 0 spiro atoms. The number of carbonyl (C=O) groups is 1. The molecule has 0 radical (unpaired) electrons. The molecule has 2 rings (SSSR count). The molecule has 1 amide bonds. The number of hydrogen-bond donors (Lipinski definition) is 2. The first-order valence-electron chi connectivity index (χ1n) is 5.42. The number of nitrogens with two attached hydrogens (primary N) is 1. The van der Waals surface area contributed by atoms with Gasteiger partial charge in [-0.05, 0) is 25.1 Å². The van der Waals surface area contributed by atoms with Crippen LogP contribution in [0.1, 0.15) is 12.1 Å². The number of amides is 1. The molecular weight excluding hydrogens is 204 g/mol. The fraction of sp³-hybridized carbons (Fsp3) is 0.455. The Morgan fingerprint density at radius 3 is 3.19 bits per heavy atom. The van der Waals surface area contributed by atoms with E-state index in [2.05, 4.69) is 15.3 Å². The molecule has 0 aliphatic carbocycles. The highest BCUT2D eigenvalue weighted by molar-refractivity contribution is 5.78. The van der Waals surface area contributed by atoms with Crippen molar-refractivity contribution in [2.75, 3.05) is 13.1 Å². The number of nitrogens with one attached hydrogen (secondary N) is 1. The third kappa shape index (κ3) is 2.56. The molecule has 16 heavy (non-hydrogen) atoms. The van der Waals surface area contributed by atoms with Gasteiger partial charge in [-0.1, -0.05) is 6.07 Å². The molecule has 0 unspecified atom stereocenters. The average Bonchev–Trinajstić information content (AvgIpc) is 2.78. The van der Waals surface area contributed by atoms with Crippen LogP contribution in [0, 0.1) is 5.92 Å². The zero-order valence-corrected chi connectivity index (χ0v) is 9.10. The fourth-order valence-electron chi connectivity index (χ4n) is 2.03. The van der Waals surface area contributed by atoms with Gasteiger partial charge in [-0.3, -0.25) is 20.1 Å². The Balaban J connectivity index is 1.88. The second-order valence-corrected chi connectivity index (χ2v) is 4.05. The second-order valence-electron chi connectivity index (χ2n) is 4.05. The molecule has 1 aromatic heterocycles. The Morgan fingerprint density at radius 2 is 2.50 bits per heavy atom. The van der Waals surface area contributed by atoms with E-state index in [9.17, 15) is 4.79 Å². The first-order chi connectivity index (χ1) is 7.79. The summed E-state index contributed by atoms with van der Waals surface area (Å²) >= 11 is 0. The Hall–Kier alpha value is -1.46. The Morgan fingerprint density at radius 1 is 1.62 bits per heavy atom. The van der Waals surface area contributed by atoms with E-state index in [1.165, 1.54) is 0 Å². The van der Waals surface area contributed by atoms with Crippen molar-refractivity contribution >= 4 is 5.91 Å². The van der Waals surface area contributed by atoms with Gasteiger partial charge in [-0.25, -0.2) is 5.84 Å². The zero-order chi connectivity index (χ0) is 11.4. The van der Waals surface area contributed by atoms with Gasteiger partial charge in [0.15, 0.2) is 0 Å². The van der Waals surface area contributed by atoms with Crippen molar-refractivity contribution in [2.24, 2.45) is 11.8 Å². The maximum Gasteiger partial charge on any atom is 0.238 e. The van der Waals surface area contributed by atoms with E-state index >= 15 is 0 Å². The molecule has 3 N–H and O–H groups in total. The molecule has 0 saturated carbocycles. The second kappa shape index (κ2) is 5.05. The Kier molecular flexibility index (Phi) is 3.48. The van der Waals surface area contributed by atoms with Gasteiger partial charge in [0.1, 0.15) is 0 Å². The standard InChI is InChI=1S/C11H16N4O/c12-14-11(16)9-4-6-15(7-9)8-10-3-1-2-5-13-10/h1-3,5,9H,4,6-8,12H2,(H,14,16)/t9-/m0/s1. The monoisotopic (exact) mass is 220 g/mol. The maximum atomic E-state index is 11.3. The Bertz CT molecular complexity index is 354. The Labute approximate surface area is 94.6 Å². The molecule has 0 aromatic carbocycles. The molecule has 1 aromatic rings. The van der Waals surface area contributed by atoms with E-state index < -0.39 is 0 Å². The average molecular weight is 220 g/mol. The van der Waals surface area contributed by atoms with E-state index in [4.69, 9.17) is 5.84 Å². The van der Waals surface area contributed by atoms with Crippen LogP contribution in [0.15, 0.2) is 24.4 Å². The summed E-state index contributed by atoms with van der Waals surface area (Å²) in [5.41, 5.74) is 3.25. The highest BCUT2D eigenvalue weighted by Crippen LogP contribution is 2.17. The lowest BCUT2D eigenvalue weighted by molar-refractivity contribution is -0.124. The van der Waals surface area contributed by atoms with Crippen LogP contribution in [0.5, 0.6) is 0 Å². The van der Waals surface area contributed by atoms with Crippen molar-refractivity contribution < 1.29 is 4.79 Å². The minimum atomic E-state index is -0.0662. The van der Waals surface area contributed by atoms with Crippen LogP contribution in [0.3, 0.4) is 0 Å². The van der Waals surface area contributed by atoms with Gasteiger partial charge in [0.25, 0.3) is 0 Å². The molecule has 0 bridgehead atoms. The first kappa shape index (κ1) is 11.0. The molecule has 1 aliphatic heterocycles. The molecular formula is C11H16N4O. The third-order valence-corrected chi connectivity index (χ3v) is 2.90. The van der Waals surface area contributed by atoms with Gasteiger partial charge < -0.3 is 0 Å². The lowest BCUT2D eigenvalue weighted by atomic mass is 10.1. The van der Waals surface area contributed by atoms with Crippen LogP contribution in [0.2, 0.25) is 0 Å². The van der Waals surface area contributed by atoms with E-state index in [-0.39, 0.29) is 11.8 Å². The topological polar surface area (TPSA) is 71.2 Å². The summed E-state index contributed by atoms with van der Waals surface area (Å²) in [5.74, 6) is 5.08. The van der Waals surface area contributed by atoms with Crippen LogP contribution in [-0.4, -0.2) is 28.9 Å². The summed E-state index contributed by atoms with van der Waals surface area (Å²) in [6.07, 6.45) is 2.66. The zero-order valence-electron chi connectivity index (χ0n) is 9.10. The van der Waals surface area contributed by atoms with Crippen LogP contribution in [0.25, 0.3) is 0 Å². The van der Waals surface area contributed by atoms with E-state index in [1.807, 2.05) is 18.2 Å². The van der Waals surface area contributed by atoms with Gasteiger partial charge in [0, 0.05) is 19.3 Å². The lowest BCUT2D eigenvalue weighted by Crippen LogP contribution is -2.37. The van der Waals surface area contributed by atoms with E-state index in [1.54, 1.807) is 6.20 Å². The van der Waals surface area contributed by atoms with Crippen molar-refractivity contribution in [3.05, 3.63) is 30.1 Å². The number of hydrogen-bond acceptors (Lipinski definition) is 4. The van der Waals surface area contributed by atoms with Crippen LogP contribution in [-0.2, 0) is 11.3 Å². The molecule has 5 nitrogen and oxygen atoms in total. The SMILES string of the molecule is NNC(=O)[C@H]1CCN(Cc2ccccn2)C1. The van der Waals surface area contributed by atoms with E-state index in [0.29, 0.717) is 0 Å². The lowest BCUT2D eigenvalue weighted by Gasteiger charge is -2.14. The normalized spacial score (nSPS) is 20.9. The van der Waals surface area contributed by atoms with Crippen LogP contribution >= 0.6 is 0 Å². The smallest absolute Gasteiger partial charge is 0.238 e. The number of rotatable bonds is 3. The summed E-state index contributed by atoms with van der Waals surface area (Å²) in [6, 6.07) is 5.87. The predicted octanol–water partition coefficient (Wildman–Crippen LogP) is -0.107. The van der Waals surface area contributed by atoms with E-state index in [0.717, 1.165) is 31.7 Å². The number of nitrogens with zero attached hydrogens (tertiary/aromatic N) is 2.